The first kappa shape index (κ1) is 16.7. The Kier molecular flexibility index (Phi) is 5.69. The van der Waals surface area contributed by atoms with Crippen molar-refractivity contribution in [3.63, 3.8) is 0 Å². The van der Waals surface area contributed by atoms with Crippen LogP contribution >= 0.6 is 0 Å². The van der Waals surface area contributed by atoms with Gasteiger partial charge in [-0.2, -0.15) is 0 Å². The molecule has 1 heterocycles. The zero-order valence-corrected chi connectivity index (χ0v) is 13.7. The minimum absolute atomic E-state index is 0.468. The average molecular weight is 298 g/mol. The molecule has 2 unspecified atom stereocenters. The van der Waals surface area contributed by atoms with Crippen molar-refractivity contribution in [2.24, 2.45) is 0 Å². The summed E-state index contributed by atoms with van der Waals surface area (Å²) >= 11 is 0. The van der Waals surface area contributed by atoms with Crippen LogP contribution in [-0.4, -0.2) is 41.7 Å². The molecule has 2 aromatic rings. The zero-order chi connectivity index (χ0) is 16.0. The number of rotatable bonds is 7. The molecule has 2 atom stereocenters. The molecule has 0 bridgehead atoms. The molecule has 0 aliphatic heterocycles. The molecular formula is C19H26N2O. The van der Waals surface area contributed by atoms with Crippen molar-refractivity contribution >= 4 is 0 Å². The van der Waals surface area contributed by atoms with Crippen molar-refractivity contribution in [2.45, 2.75) is 31.3 Å². The largest absolute Gasteiger partial charge is 0.392 e. The average Bonchev–Trinajstić information content (AvgIpc) is 2.57. The van der Waals surface area contributed by atoms with Gasteiger partial charge in [-0.15, -0.1) is 0 Å². The van der Waals surface area contributed by atoms with Crippen LogP contribution in [0.4, 0.5) is 0 Å². The van der Waals surface area contributed by atoms with Crippen molar-refractivity contribution in [3.05, 3.63) is 66.0 Å². The highest BCUT2D eigenvalue weighted by Gasteiger charge is 2.41. The molecule has 0 aliphatic carbocycles. The van der Waals surface area contributed by atoms with Gasteiger partial charge in [0.05, 0.1) is 17.2 Å². The number of hydrogen-bond acceptors (Lipinski definition) is 3. The molecule has 0 spiro atoms. The van der Waals surface area contributed by atoms with Gasteiger partial charge in [-0.25, -0.2) is 0 Å². The van der Waals surface area contributed by atoms with Gasteiger partial charge in [0, 0.05) is 6.20 Å². The van der Waals surface area contributed by atoms with E-state index in [0.717, 1.165) is 24.2 Å². The number of nitrogens with zero attached hydrogens (tertiary/aromatic N) is 2. The molecule has 3 heteroatoms. The summed E-state index contributed by atoms with van der Waals surface area (Å²) in [6.07, 6.45) is 2.87. The van der Waals surface area contributed by atoms with Crippen LogP contribution in [-0.2, 0) is 5.41 Å². The fourth-order valence-electron chi connectivity index (χ4n) is 3.06. The Bertz CT molecular complexity index is 515. The van der Waals surface area contributed by atoms with Gasteiger partial charge < -0.3 is 10.0 Å². The molecule has 1 aromatic heterocycles. The highest BCUT2D eigenvalue weighted by molar-refractivity contribution is 5.37. The lowest BCUT2D eigenvalue weighted by Crippen LogP contribution is -2.43. The number of aromatic nitrogens is 1. The van der Waals surface area contributed by atoms with E-state index < -0.39 is 11.5 Å². The standard InChI is InChI=1S/C19H26N2O/c1-4-18(22)19(13-15-21(2)3,16-10-6-5-7-11-16)17-12-8-9-14-20-17/h5-12,14,18,22H,4,13,15H2,1-3H3. The predicted molar refractivity (Wildman–Crippen MR) is 90.9 cm³/mol. The Labute approximate surface area is 133 Å². The molecule has 0 amide bonds. The van der Waals surface area contributed by atoms with Crippen LogP contribution in [0.3, 0.4) is 0 Å². The second kappa shape index (κ2) is 7.52. The van der Waals surface area contributed by atoms with E-state index in [1.807, 2.05) is 49.5 Å². The topological polar surface area (TPSA) is 36.4 Å². The highest BCUT2D eigenvalue weighted by atomic mass is 16.3. The Hall–Kier alpha value is -1.71. The first-order valence-electron chi connectivity index (χ1n) is 7.91. The zero-order valence-electron chi connectivity index (χ0n) is 13.7. The maximum Gasteiger partial charge on any atom is 0.0690 e. The lowest BCUT2D eigenvalue weighted by Gasteiger charge is -2.39. The van der Waals surface area contributed by atoms with Gasteiger partial charge in [-0.05, 0) is 51.2 Å². The number of pyridine rings is 1. The van der Waals surface area contributed by atoms with Crippen molar-refractivity contribution in [3.8, 4) is 0 Å². The van der Waals surface area contributed by atoms with Gasteiger partial charge in [0.25, 0.3) is 0 Å². The highest BCUT2D eigenvalue weighted by Crippen LogP contribution is 2.39. The summed E-state index contributed by atoms with van der Waals surface area (Å²) in [6.45, 7) is 2.92. The van der Waals surface area contributed by atoms with Gasteiger partial charge in [0.1, 0.15) is 0 Å². The third-order valence-corrected chi connectivity index (χ3v) is 4.32. The minimum Gasteiger partial charge on any atom is -0.392 e. The van der Waals surface area contributed by atoms with Crippen LogP contribution in [0.5, 0.6) is 0 Å². The molecule has 1 aromatic carbocycles. The molecule has 0 saturated heterocycles. The lowest BCUT2D eigenvalue weighted by molar-refractivity contribution is 0.0853. The van der Waals surface area contributed by atoms with E-state index in [1.54, 1.807) is 0 Å². The first-order valence-corrected chi connectivity index (χ1v) is 7.91. The Morgan fingerprint density at radius 2 is 1.77 bits per heavy atom. The number of aliphatic hydroxyl groups is 1. The minimum atomic E-state index is -0.471. The second-order valence-corrected chi connectivity index (χ2v) is 6.03. The van der Waals surface area contributed by atoms with Gasteiger partial charge in [-0.3, -0.25) is 4.98 Å². The fraction of sp³-hybridized carbons (Fsp3) is 0.421. The van der Waals surface area contributed by atoms with Gasteiger partial charge in [0.15, 0.2) is 0 Å². The smallest absolute Gasteiger partial charge is 0.0690 e. The van der Waals surface area contributed by atoms with Gasteiger partial charge in [-0.1, -0.05) is 43.3 Å². The summed E-state index contributed by atoms with van der Waals surface area (Å²) in [5.41, 5.74) is 1.60. The molecule has 1 N–H and O–H groups in total. The molecular weight excluding hydrogens is 272 g/mol. The Balaban J connectivity index is 2.58. The summed E-state index contributed by atoms with van der Waals surface area (Å²) in [5.74, 6) is 0. The van der Waals surface area contributed by atoms with Crippen molar-refractivity contribution in [2.75, 3.05) is 20.6 Å². The maximum absolute atomic E-state index is 10.9. The number of benzene rings is 1. The first-order chi connectivity index (χ1) is 10.6. The third-order valence-electron chi connectivity index (χ3n) is 4.32. The molecule has 118 valence electrons. The van der Waals surface area contributed by atoms with Crippen LogP contribution in [0, 0.1) is 0 Å². The summed E-state index contributed by atoms with van der Waals surface area (Å²) in [5, 5.41) is 10.9. The van der Waals surface area contributed by atoms with Crippen molar-refractivity contribution < 1.29 is 5.11 Å². The number of aliphatic hydroxyl groups excluding tert-OH is 1. The van der Waals surface area contributed by atoms with Crippen molar-refractivity contribution in [1.82, 2.24) is 9.88 Å². The fourth-order valence-corrected chi connectivity index (χ4v) is 3.06. The van der Waals surface area contributed by atoms with E-state index in [4.69, 9.17) is 0 Å². The molecule has 0 saturated carbocycles. The van der Waals surface area contributed by atoms with E-state index in [1.165, 1.54) is 0 Å². The van der Waals surface area contributed by atoms with E-state index in [-0.39, 0.29) is 0 Å². The maximum atomic E-state index is 10.9. The molecule has 0 radical (unpaired) electrons. The van der Waals surface area contributed by atoms with Crippen LogP contribution in [0.15, 0.2) is 54.7 Å². The summed E-state index contributed by atoms with van der Waals surface area (Å²) in [6, 6.07) is 16.2. The van der Waals surface area contributed by atoms with E-state index >= 15 is 0 Å². The normalized spacial score (nSPS) is 15.5. The number of hydrogen-bond donors (Lipinski definition) is 1. The molecule has 22 heavy (non-hydrogen) atoms. The molecule has 0 fully saturated rings. The third kappa shape index (κ3) is 3.37. The van der Waals surface area contributed by atoms with E-state index in [0.29, 0.717) is 6.42 Å². The van der Waals surface area contributed by atoms with Gasteiger partial charge >= 0.3 is 0 Å². The Morgan fingerprint density at radius 3 is 2.32 bits per heavy atom. The van der Waals surface area contributed by atoms with Crippen LogP contribution in [0.25, 0.3) is 0 Å². The van der Waals surface area contributed by atoms with Crippen LogP contribution < -0.4 is 0 Å². The lowest BCUT2D eigenvalue weighted by atomic mass is 9.69. The predicted octanol–water partition coefficient (Wildman–Crippen LogP) is 3.09. The quantitative estimate of drug-likeness (QED) is 0.853. The van der Waals surface area contributed by atoms with Crippen LogP contribution in [0.2, 0.25) is 0 Å². The summed E-state index contributed by atoms with van der Waals surface area (Å²) < 4.78 is 0. The molecule has 2 rings (SSSR count). The molecule has 3 nitrogen and oxygen atoms in total. The summed E-state index contributed by atoms with van der Waals surface area (Å²) in [4.78, 5) is 6.75. The monoisotopic (exact) mass is 298 g/mol. The second-order valence-electron chi connectivity index (χ2n) is 6.03. The van der Waals surface area contributed by atoms with Gasteiger partial charge in [0.2, 0.25) is 0 Å². The summed E-state index contributed by atoms with van der Waals surface area (Å²) in [7, 11) is 4.12. The molecule has 0 aliphatic rings. The van der Waals surface area contributed by atoms with Crippen molar-refractivity contribution in [1.29, 1.82) is 0 Å². The SMILES string of the molecule is CCC(O)C(CCN(C)C)(c1ccccc1)c1ccccn1. The van der Waals surface area contributed by atoms with Crippen LogP contribution in [0.1, 0.15) is 31.0 Å². The Morgan fingerprint density at radius 1 is 1.09 bits per heavy atom. The van der Waals surface area contributed by atoms with E-state index in [9.17, 15) is 5.11 Å². The van der Waals surface area contributed by atoms with E-state index in [2.05, 4.69) is 36.1 Å².